The molecular formula is C11H23ClMgOSi. The van der Waals surface area contributed by atoms with E-state index >= 15 is 0 Å². The van der Waals surface area contributed by atoms with Crippen LogP contribution in [0, 0.1) is 11.3 Å². The van der Waals surface area contributed by atoms with Gasteiger partial charge in [-0.1, -0.05) is 18.8 Å². The van der Waals surface area contributed by atoms with Crippen LogP contribution in [-0.2, 0) is 4.43 Å². The van der Waals surface area contributed by atoms with Crippen LogP contribution in [0.4, 0.5) is 0 Å². The minimum atomic E-state index is -1.28. The minimum Gasteiger partial charge on any atom is -1.00 e. The number of hydrogen-bond donors (Lipinski definition) is 0. The second kappa shape index (κ2) is 11.3. The number of unbranched alkanes of at least 4 members (excludes halogenated alkanes) is 4. The zero-order valence-electron chi connectivity index (χ0n) is 12.2. The maximum atomic E-state index is 5.75. The van der Waals surface area contributed by atoms with Gasteiger partial charge in [0.1, 0.15) is 0 Å². The molecule has 0 atom stereocenters. The Morgan fingerprint density at radius 3 is 2.27 bits per heavy atom. The summed E-state index contributed by atoms with van der Waals surface area (Å²) >= 11 is 5.24. The molecule has 0 bridgehead atoms. The van der Waals surface area contributed by atoms with Crippen molar-refractivity contribution in [3.8, 4) is 11.3 Å². The standard InChI is InChI=1S/C11H21ClOSi.Mg.2H/c1-14(2,3)13-11-9-7-5-4-6-8-10-12;;;/h4-7,9,11H2,1-3H3;;;/q;+2;2*-1. The summed E-state index contributed by atoms with van der Waals surface area (Å²) in [7, 11) is -1.28. The van der Waals surface area contributed by atoms with Crippen LogP contribution in [0.1, 0.15) is 35.0 Å². The Morgan fingerprint density at radius 1 is 1.13 bits per heavy atom. The van der Waals surface area contributed by atoms with Crippen LogP contribution in [-0.4, -0.2) is 38.0 Å². The number of rotatable bonds is 7. The molecule has 15 heavy (non-hydrogen) atoms. The molecule has 0 aromatic rings. The van der Waals surface area contributed by atoms with E-state index < -0.39 is 8.32 Å². The van der Waals surface area contributed by atoms with Crippen LogP contribution in [0.25, 0.3) is 0 Å². The summed E-state index contributed by atoms with van der Waals surface area (Å²) in [6, 6.07) is 0. The molecule has 0 fully saturated rings. The van der Waals surface area contributed by atoms with Crippen molar-refractivity contribution in [2.75, 3.05) is 6.61 Å². The number of halogens is 1. The van der Waals surface area contributed by atoms with E-state index in [0.717, 1.165) is 19.4 Å². The molecule has 0 saturated carbocycles. The molecule has 0 spiro atoms. The Bertz CT molecular complexity index is 202. The Labute approximate surface area is 120 Å². The van der Waals surface area contributed by atoms with Gasteiger partial charge >= 0.3 is 23.1 Å². The van der Waals surface area contributed by atoms with E-state index in [4.69, 9.17) is 16.0 Å². The zero-order chi connectivity index (χ0) is 10.9. The summed E-state index contributed by atoms with van der Waals surface area (Å²) in [5.41, 5.74) is 0. The molecule has 0 heterocycles. The average Bonchev–Trinajstić information content (AvgIpc) is 2.08. The molecule has 0 aliphatic rings. The molecule has 0 unspecified atom stereocenters. The minimum absolute atomic E-state index is 0. The molecule has 4 heteroatoms. The molecule has 0 aromatic carbocycles. The van der Waals surface area contributed by atoms with Crippen LogP contribution in [0.15, 0.2) is 0 Å². The van der Waals surface area contributed by atoms with E-state index in [1.807, 2.05) is 0 Å². The van der Waals surface area contributed by atoms with E-state index in [0.29, 0.717) is 0 Å². The monoisotopic (exact) mass is 258 g/mol. The Hall–Kier alpha value is 0.793. The summed E-state index contributed by atoms with van der Waals surface area (Å²) in [5, 5.41) is 2.39. The normalized spacial score (nSPS) is 10.1. The quantitative estimate of drug-likeness (QED) is 0.383. The van der Waals surface area contributed by atoms with Crippen molar-refractivity contribution in [3.63, 3.8) is 0 Å². The fourth-order valence-corrected chi connectivity index (χ4v) is 1.95. The van der Waals surface area contributed by atoms with E-state index in [9.17, 15) is 0 Å². The molecule has 0 saturated heterocycles. The van der Waals surface area contributed by atoms with Crippen LogP contribution in [0.2, 0.25) is 19.6 Å². The first-order valence-corrected chi connectivity index (χ1v) is 9.07. The van der Waals surface area contributed by atoms with E-state index in [2.05, 4.69) is 30.9 Å². The van der Waals surface area contributed by atoms with Gasteiger partial charge in [0.25, 0.3) is 0 Å². The van der Waals surface area contributed by atoms with Crippen molar-refractivity contribution in [1.82, 2.24) is 0 Å². The van der Waals surface area contributed by atoms with Gasteiger partial charge in [0.15, 0.2) is 8.32 Å². The van der Waals surface area contributed by atoms with Crippen molar-refractivity contribution in [2.24, 2.45) is 0 Å². The zero-order valence-corrected chi connectivity index (χ0v) is 13.4. The van der Waals surface area contributed by atoms with Crippen molar-refractivity contribution < 1.29 is 7.28 Å². The summed E-state index contributed by atoms with van der Waals surface area (Å²) in [6.45, 7) is 7.60. The fraction of sp³-hybridized carbons (Fsp3) is 0.818. The molecule has 0 aromatic heterocycles. The molecular weight excluding hydrogens is 236 g/mol. The van der Waals surface area contributed by atoms with Crippen LogP contribution in [0.5, 0.6) is 0 Å². The van der Waals surface area contributed by atoms with Gasteiger partial charge in [-0.25, -0.2) is 0 Å². The molecule has 86 valence electrons. The first kappa shape index (κ1) is 18.2. The van der Waals surface area contributed by atoms with Crippen LogP contribution in [0.3, 0.4) is 0 Å². The van der Waals surface area contributed by atoms with Crippen molar-refractivity contribution >= 4 is 43.0 Å². The maximum Gasteiger partial charge on any atom is 2.00 e. The summed E-state index contributed by atoms with van der Waals surface area (Å²) in [5.74, 6) is 2.85. The first-order chi connectivity index (χ1) is 6.56. The van der Waals surface area contributed by atoms with Gasteiger partial charge in [0.05, 0.1) is 0 Å². The van der Waals surface area contributed by atoms with E-state index in [1.54, 1.807) is 0 Å². The third-order valence-corrected chi connectivity index (χ3v) is 3.00. The summed E-state index contributed by atoms with van der Waals surface area (Å²) in [6.07, 6.45) is 5.75. The van der Waals surface area contributed by atoms with Crippen LogP contribution < -0.4 is 0 Å². The van der Waals surface area contributed by atoms with Crippen molar-refractivity contribution in [1.29, 1.82) is 0 Å². The molecule has 0 aliphatic carbocycles. The van der Waals surface area contributed by atoms with Gasteiger partial charge < -0.3 is 7.28 Å². The second-order valence-electron chi connectivity index (χ2n) is 4.40. The Balaban J connectivity index is -0.000000282. The third-order valence-electron chi connectivity index (χ3n) is 1.80. The predicted octanol–water partition coefficient (Wildman–Crippen LogP) is 3.83. The predicted molar refractivity (Wildman–Crippen MR) is 74.0 cm³/mol. The molecule has 0 rings (SSSR count). The van der Waals surface area contributed by atoms with Gasteiger partial charge in [0, 0.05) is 18.4 Å². The second-order valence-corrected chi connectivity index (χ2v) is 9.10. The van der Waals surface area contributed by atoms with E-state index in [1.165, 1.54) is 19.3 Å². The molecule has 0 radical (unpaired) electrons. The molecule has 1 nitrogen and oxygen atoms in total. The number of hydrogen-bond acceptors (Lipinski definition) is 1. The van der Waals surface area contributed by atoms with Crippen molar-refractivity contribution in [2.45, 2.75) is 51.7 Å². The summed E-state index contributed by atoms with van der Waals surface area (Å²) in [4.78, 5) is 0. The van der Waals surface area contributed by atoms with Crippen LogP contribution >= 0.6 is 11.6 Å². The summed E-state index contributed by atoms with van der Waals surface area (Å²) < 4.78 is 5.75. The third kappa shape index (κ3) is 17.4. The largest absolute Gasteiger partial charge is 2.00 e. The maximum absolute atomic E-state index is 5.75. The topological polar surface area (TPSA) is 9.23 Å². The average molecular weight is 259 g/mol. The first-order valence-electron chi connectivity index (χ1n) is 5.29. The SMILES string of the molecule is C[Si](C)(C)OCCCCCCC#CCl.[H-].[H-].[Mg+2]. The molecule has 0 N–H and O–H groups in total. The molecule has 0 amide bonds. The van der Waals surface area contributed by atoms with Gasteiger partial charge in [-0.3, -0.25) is 0 Å². The van der Waals surface area contributed by atoms with Gasteiger partial charge in [-0.2, -0.15) is 0 Å². The van der Waals surface area contributed by atoms with Crippen molar-refractivity contribution in [3.05, 3.63) is 0 Å². The van der Waals surface area contributed by atoms with Gasteiger partial charge in [-0.15, -0.1) is 0 Å². The van der Waals surface area contributed by atoms with Gasteiger partial charge in [-0.05, 0) is 44.1 Å². The fourth-order valence-electron chi connectivity index (χ4n) is 1.09. The molecule has 0 aliphatic heterocycles. The van der Waals surface area contributed by atoms with E-state index in [-0.39, 0.29) is 25.9 Å². The Kier molecular flexibility index (Phi) is 13.7. The van der Waals surface area contributed by atoms with Gasteiger partial charge in [0.2, 0.25) is 0 Å². The Morgan fingerprint density at radius 2 is 1.73 bits per heavy atom. The smallest absolute Gasteiger partial charge is 1.00 e.